The maximum atomic E-state index is 2.64. The standard InChI is InChI=1S/C22H38/c1-13(2)6-7-15-8-19-17-10-16-11-18(14(17)3)20(9-15)21(19)22(4,5)12-16/h13-21H,6-12H2,1-5H3. The van der Waals surface area contributed by atoms with E-state index < -0.39 is 0 Å². The maximum Gasteiger partial charge on any atom is -0.0300 e. The van der Waals surface area contributed by atoms with E-state index in [0.717, 1.165) is 53.3 Å². The van der Waals surface area contributed by atoms with E-state index in [1.807, 2.05) is 0 Å². The molecule has 0 aromatic rings. The second-order valence-electron chi connectivity index (χ2n) is 10.9. The predicted molar refractivity (Wildman–Crippen MR) is 94.5 cm³/mol. The second kappa shape index (κ2) is 5.25. The van der Waals surface area contributed by atoms with E-state index in [-0.39, 0.29) is 0 Å². The lowest BCUT2D eigenvalue weighted by atomic mass is 9.45. The Kier molecular flexibility index (Phi) is 3.70. The van der Waals surface area contributed by atoms with Gasteiger partial charge in [0.1, 0.15) is 0 Å². The molecule has 0 nitrogen and oxygen atoms in total. The van der Waals surface area contributed by atoms with Crippen molar-refractivity contribution in [3.05, 3.63) is 0 Å². The molecule has 0 aromatic heterocycles. The lowest BCUT2D eigenvalue weighted by molar-refractivity contribution is -0.113. The van der Waals surface area contributed by atoms with Gasteiger partial charge < -0.3 is 0 Å². The van der Waals surface area contributed by atoms with E-state index in [4.69, 9.17) is 0 Å². The lowest BCUT2D eigenvalue weighted by Crippen LogP contribution is -2.53. The number of fused-ring (bicyclic) bond motifs is 1. The van der Waals surface area contributed by atoms with Gasteiger partial charge in [-0.05, 0) is 90.8 Å². The van der Waals surface area contributed by atoms with Gasteiger partial charge in [0, 0.05) is 0 Å². The Morgan fingerprint density at radius 3 is 2.05 bits per heavy atom. The van der Waals surface area contributed by atoms with Gasteiger partial charge in [0.25, 0.3) is 0 Å². The summed E-state index contributed by atoms with van der Waals surface area (Å²) in [7, 11) is 0. The van der Waals surface area contributed by atoms with E-state index in [2.05, 4.69) is 34.6 Å². The predicted octanol–water partition coefficient (Wildman–Crippen LogP) is 6.40. The van der Waals surface area contributed by atoms with Gasteiger partial charge in [0.2, 0.25) is 0 Å². The van der Waals surface area contributed by atoms with Crippen LogP contribution >= 0.6 is 0 Å². The SMILES string of the molecule is CC(C)CCC1CC2C3CC4CC(C3C)C(C1)C2C(C)(C)C4. The quantitative estimate of drug-likeness (QED) is 0.565. The van der Waals surface area contributed by atoms with Gasteiger partial charge in [-0.3, -0.25) is 0 Å². The highest BCUT2D eigenvalue weighted by Crippen LogP contribution is 2.68. The number of hydrogen-bond donors (Lipinski definition) is 0. The summed E-state index contributed by atoms with van der Waals surface area (Å²) < 4.78 is 0. The maximum absolute atomic E-state index is 2.64. The first-order chi connectivity index (χ1) is 10.4. The Hall–Kier alpha value is 0. The molecule has 5 fully saturated rings. The summed E-state index contributed by atoms with van der Waals surface area (Å²) >= 11 is 0. The van der Waals surface area contributed by atoms with Crippen molar-refractivity contribution in [2.45, 2.75) is 79.6 Å². The van der Waals surface area contributed by atoms with Crippen LogP contribution in [0.25, 0.3) is 0 Å². The molecule has 0 heteroatoms. The van der Waals surface area contributed by atoms with Crippen molar-refractivity contribution in [3.8, 4) is 0 Å². The molecule has 0 spiro atoms. The fraction of sp³-hybridized carbons (Fsp3) is 1.00. The molecule has 5 saturated carbocycles. The van der Waals surface area contributed by atoms with E-state index >= 15 is 0 Å². The highest BCUT2D eigenvalue weighted by molar-refractivity contribution is 5.09. The van der Waals surface area contributed by atoms with Crippen LogP contribution in [0.5, 0.6) is 0 Å². The molecule has 0 N–H and O–H groups in total. The first kappa shape index (κ1) is 15.5. The molecule has 0 aromatic carbocycles. The molecular weight excluding hydrogens is 264 g/mol. The van der Waals surface area contributed by atoms with Gasteiger partial charge in [0.05, 0.1) is 0 Å². The summed E-state index contributed by atoms with van der Waals surface area (Å²) in [6.07, 6.45) is 10.9. The third kappa shape index (κ3) is 2.30. The number of rotatable bonds is 3. The van der Waals surface area contributed by atoms with Crippen LogP contribution in [-0.4, -0.2) is 0 Å². The van der Waals surface area contributed by atoms with Gasteiger partial charge >= 0.3 is 0 Å². The molecule has 4 atom stereocenters. The number of hydrogen-bond acceptors (Lipinski definition) is 0. The first-order valence-corrected chi connectivity index (χ1v) is 10.4. The molecule has 22 heavy (non-hydrogen) atoms. The fourth-order valence-electron chi connectivity index (χ4n) is 8.11. The van der Waals surface area contributed by atoms with Gasteiger partial charge in [-0.25, -0.2) is 0 Å². The van der Waals surface area contributed by atoms with Crippen molar-refractivity contribution >= 4 is 0 Å². The zero-order valence-corrected chi connectivity index (χ0v) is 15.6. The molecule has 126 valence electrons. The minimum absolute atomic E-state index is 0.632. The fourth-order valence-corrected chi connectivity index (χ4v) is 8.11. The van der Waals surface area contributed by atoms with Crippen LogP contribution in [-0.2, 0) is 0 Å². The summed E-state index contributed by atoms with van der Waals surface area (Å²) in [5.41, 5.74) is 0.632. The van der Waals surface area contributed by atoms with Crippen LogP contribution in [0.4, 0.5) is 0 Å². The summed E-state index contributed by atoms with van der Waals surface area (Å²) in [4.78, 5) is 0. The smallest absolute Gasteiger partial charge is 0.0300 e. The molecule has 0 saturated heterocycles. The third-order valence-electron chi connectivity index (χ3n) is 8.66. The summed E-state index contributed by atoms with van der Waals surface area (Å²) in [5, 5.41) is 0. The van der Waals surface area contributed by atoms with E-state index in [0.29, 0.717) is 5.41 Å². The van der Waals surface area contributed by atoms with Crippen LogP contribution in [0.3, 0.4) is 0 Å². The average molecular weight is 303 g/mol. The van der Waals surface area contributed by atoms with E-state index in [1.54, 1.807) is 32.1 Å². The zero-order chi connectivity index (χ0) is 15.6. The van der Waals surface area contributed by atoms with Crippen LogP contribution in [0.2, 0.25) is 0 Å². The van der Waals surface area contributed by atoms with Crippen molar-refractivity contribution in [3.63, 3.8) is 0 Å². The highest BCUT2D eigenvalue weighted by Gasteiger charge is 2.61. The van der Waals surface area contributed by atoms with E-state index in [9.17, 15) is 0 Å². The van der Waals surface area contributed by atoms with Crippen molar-refractivity contribution in [1.82, 2.24) is 0 Å². The van der Waals surface area contributed by atoms with Gasteiger partial charge in [-0.2, -0.15) is 0 Å². The molecule has 0 heterocycles. The average Bonchev–Trinajstić information content (AvgIpc) is 2.59. The van der Waals surface area contributed by atoms with Gasteiger partial charge in [-0.15, -0.1) is 0 Å². The second-order valence-corrected chi connectivity index (χ2v) is 10.9. The Morgan fingerprint density at radius 1 is 0.909 bits per heavy atom. The molecule has 0 aliphatic heterocycles. The zero-order valence-electron chi connectivity index (χ0n) is 15.6. The van der Waals surface area contributed by atoms with Crippen molar-refractivity contribution < 1.29 is 0 Å². The van der Waals surface area contributed by atoms with Crippen LogP contribution < -0.4 is 0 Å². The summed E-state index contributed by atoms with van der Waals surface area (Å²) in [6, 6.07) is 0. The highest BCUT2D eigenvalue weighted by atomic mass is 14.7. The molecule has 4 unspecified atom stereocenters. The normalized spacial score (nSPS) is 52.1. The lowest BCUT2D eigenvalue weighted by Gasteiger charge is -2.60. The minimum Gasteiger partial charge on any atom is -0.0628 e. The molecule has 5 rings (SSSR count). The summed E-state index contributed by atoms with van der Waals surface area (Å²) in [5.74, 6) is 9.51. The largest absolute Gasteiger partial charge is 0.0628 e. The van der Waals surface area contributed by atoms with E-state index in [1.165, 1.54) is 12.8 Å². The molecule has 6 bridgehead atoms. The Morgan fingerprint density at radius 2 is 1.50 bits per heavy atom. The molecule has 5 aliphatic carbocycles. The van der Waals surface area contributed by atoms with Crippen LogP contribution in [0.15, 0.2) is 0 Å². The van der Waals surface area contributed by atoms with Crippen molar-refractivity contribution in [1.29, 1.82) is 0 Å². The van der Waals surface area contributed by atoms with Gasteiger partial charge in [-0.1, -0.05) is 47.5 Å². The Labute approximate surface area is 138 Å². The molecule has 5 aliphatic rings. The van der Waals surface area contributed by atoms with Crippen LogP contribution in [0.1, 0.15) is 79.6 Å². The molecular formula is C22H38. The topological polar surface area (TPSA) is 0 Å². The third-order valence-corrected chi connectivity index (χ3v) is 8.66. The van der Waals surface area contributed by atoms with Crippen molar-refractivity contribution in [2.75, 3.05) is 0 Å². The summed E-state index contributed by atoms with van der Waals surface area (Å²) in [6.45, 7) is 12.7. The van der Waals surface area contributed by atoms with Gasteiger partial charge in [0.15, 0.2) is 0 Å². The van der Waals surface area contributed by atoms with Crippen LogP contribution in [0, 0.1) is 58.7 Å². The molecule has 0 amide bonds. The Bertz CT molecular complexity index is 396. The monoisotopic (exact) mass is 302 g/mol. The molecule has 0 radical (unpaired) electrons. The minimum atomic E-state index is 0.632. The van der Waals surface area contributed by atoms with Crippen molar-refractivity contribution in [2.24, 2.45) is 58.7 Å². The first-order valence-electron chi connectivity index (χ1n) is 10.4. The Balaban J connectivity index is 1.62.